The molecule has 1 aromatic rings. The van der Waals surface area contributed by atoms with E-state index in [2.05, 4.69) is 37.0 Å². The molecule has 7 atom stereocenters. The number of carbonyl (C=O) groups excluding carboxylic acids is 2. The molecule has 20 heteroatoms. The van der Waals surface area contributed by atoms with E-state index in [1.54, 1.807) is 0 Å². The number of anilines is 1. The lowest BCUT2D eigenvalue weighted by Gasteiger charge is -2.21. The van der Waals surface area contributed by atoms with Crippen molar-refractivity contribution >= 4 is 33.4 Å². The van der Waals surface area contributed by atoms with Crippen LogP contribution in [-0.4, -0.2) is 85.7 Å². The van der Waals surface area contributed by atoms with E-state index in [0.717, 1.165) is 67.8 Å². The summed E-state index contributed by atoms with van der Waals surface area (Å²) >= 11 is 0. The topological polar surface area (TPSA) is 265 Å². The fourth-order valence-electron chi connectivity index (χ4n) is 8.57. The molecule has 6 N–H and O–H groups in total. The molecule has 0 radical (unpaired) electrons. The van der Waals surface area contributed by atoms with E-state index >= 15 is 0 Å². The second kappa shape index (κ2) is 38.3. The Kier molecular flexibility index (Phi) is 35.0. The number of phosphoric acid groups is 2. The van der Waals surface area contributed by atoms with Gasteiger partial charge in [-0.15, -0.1) is 0 Å². The predicted molar refractivity (Wildman–Crippen MR) is 275 cm³/mol. The number of aliphatic hydroxyl groups excluding tert-OH is 2. The van der Waals surface area contributed by atoms with Crippen LogP contribution in [0.2, 0.25) is 0 Å². The van der Waals surface area contributed by atoms with E-state index < -0.39 is 83.7 Å². The quantitative estimate of drug-likeness (QED) is 0.0231. The first kappa shape index (κ1) is 64.9. The Bertz CT molecular complexity index is 1720. The van der Waals surface area contributed by atoms with Gasteiger partial charge in [-0.3, -0.25) is 23.2 Å². The highest BCUT2D eigenvalue weighted by Gasteiger charge is 2.46. The molecule has 0 aliphatic carbocycles. The number of aliphatic hydroxyl groups is 2. The number of nitrogens with two attached hydrogens (primary N) is 1. The van der Waals surface area contributed by atoms with Crippen molar-refractivity contribution in [2.45, 2.75) is 257 Å². The zero-order valence-electron chi connectivity index (χ0n) is 43.9. The Morgan fingerprint density at radius 2 is 1.04 bits per heavy atom. The molecule has 1 saturated heterocycles. The number of esters is 2. The van der Waals surface area contributed by atoms with Crippen LogP contribution in [0.3, 0.4) is 0 Å². The highest BCUT2D eigenvalue weighted by Crippen LogP contribution is 2.60. The van der Waals surface area contributed by atoms with Crippen molar-refractivity contribution in [3.8, 4) is 0 Å². The van der Waals surface area contributed by atoms with Crippen LogP contribution in [0, 0.1) is 11.8 Å². The third-order valence-corrected chi connectivity index (χ3v) is 15.4. The molecule has 1 aromatic heterocycles. The van der Waals surface area contributed by atoms with Crippen molar-refractivity contribution in [3.05, 3.63) is 22.7 Å². The van der Waals surface area contributed by atoms with Gasteiger partial charge in [-0.1, -0.05) is 201 Å². The highest BCUT2D eigenvalue weighted by molar-refractivity contribution is 7.61. The maximum Gasteiger partial charge on any atom is 0.481 e. The Morgan fingerprint density at radius 1 is 0.634 bits per heavy atom. The number of hydrogen-bond acceptors (Lipinski definition) is 15. The lowest BCUT2D eigenvalue weighted by molar-refractivity contribution is -0.161. The van der Waals surface area contributed by atoms with E-state index in [9.17, 15) is 43.5 Å². The third kappa shape index (κ3) is 32.6. The zero-order chi connectivity index (χ0) is 52.3. The average molecular weight is 1050 g/mol. The van der Waals surface area contributed by atoms with Gasteiger partial charge in [0.05, 0.1) is 13.2 Å². The van der Waals surface area contributed by atoms with E-state index in [1.807, 2.05) is 0 Å². The molecule has 1 fully saturated rings. The molecule has 71 heavy (non-hydrogen) atoms. The second-order valence-electron chi connectivity index (χ2n) is 20.4. The Hall–Kier alpha value is -2.24. The first-order valence-corrected chi connectivity index (χ1v) is 30.3. The first-order valence-electron chi connectivity index (χ1n) is 27.3. The van der Waals surface area contributed by atoms with Gasteiger partial charge >= 0.3 is 33.3 Å². The summed E-state index contributed by atoms with van der Waals surface area (Å²) in [6.07, 6.45) is 27.6. The van der Waals surface area contributed by atoms with Crippen LogP contribution in [-0.2, 0) is 46.3 Å². The summed E-state index contributed by atoms with van der Waals surface area (Å²) in [5.41, 5.74) is 4.60. The van der Waals surface area contributed by atoms with Crippen LogP contribution in [0.25, 0.3) is 0 Å². The van der Waals surface area contributed by atoms with Gasteiger partial charge in [0.2, 0.25) is 0 Å². The number of nitrogen functional groups attached to an aromatic ring is 1. The summed E-state index contributed by atoms with van der Waals surface area (Å²) in [6.45, 7) is 6.84. The van der Waals surface area contributed by atoms with Crippen molar-refractivity contribution < 1.29 is 66.3 Å². The number of unbranched alkanes of at least 4 members (excludes halogenated alkanes) is 25. The van der Waals surface area contributed by atoms with E-state index in [-0.39, 0.29) is 18.7 Å². The molecule has 2 heterocycles. The maximum absolute atomic E-state index is 12.9. The molecule has 0 saturated carbocycles. The van der Waals surface area contributed by atoms with E-state index in [4.69, 9.17) is 29.0 Å². The number of ether oxygens (including phenoxy) is 3. The van der Waals surface area contributed by atoms with Crippen LogP contribution in [0.4, 0.5) is 5.82 Å². The summed E-state index contributed by atoms with van der Waals surface area (Å²) in [5.74, 6) is 0.304. The molecule has 0 amide bonds. The molecule has 3 unspecified atom stereocenters. The van der Waals surface area contributed by atoms with Crippen LogP contribution >= 0.6 is 15.6 Å². The molecule has 2 rings (SSSR count). The fraction of sp³-hybridized carbons (Fsp3) is 0.882. The van der Waals surface area contributed by atoms with Gasteiger partial charge in [-0.2, -0.15) is 9.29 Å². The minimum Gasteiger partial charge on any atom is -0.462 e. The molecule has 0 bridgehead atoms. The monoisotopic (exact) mass is 1050 g/mol. The van der Waals surface area contributed by atoms with Gasteiger partial charge in [-0.05, 0) is 30.7 Å². The molecule has 0 spiro atoms. The van der Waals surface area contributed by atoms with E-state index in [1.165, 1.54) is 134 Å². The minimum absolute atomic E-state index is 0.0567. The second-order valence-corrected chi connectivity index (χ2v) is 23.4. The van der Waals surface area contributed by atoms with Crippen LogP contribution in [0.15, 0.2) is 17.1 Å². The zero-order valence-corrected chi connectivity index (χ0v) is 45.7. The Balaban J connectivity index is 1.76. The number of hydrogen-bond donors (Lipinski definition) is 5. The lowest BCUT2D eigenvalue weighted by Crippen LogP contribution is -2.36. The number of rotatable bonds is 45. The van der Waals surface area contributed by atoms with Crippen LogP contribution in [0.1, 0.15) is 233 Å². The molecular weight excluding hydrogens is 957 g/mol. The highest BCUT2D eigenvalue weighted by atomic mass is 31.3. The van der Waals surface area contributed by atoms with E-state index in [0.29, 0.717) is 12.8 Å². The van der Waals surface area contributed by atoms with Gasteiger partial charge in [0.15, 0.2) is 12.3 Å². The molecule has 18 nitrogen and oxygen atoms in total. The molecular formula is C51H95N3O15P2. The Labute approximate surface area is 425 Å². The molecule has 1 aliphatic rings. The minimum atomic E-state index is -5.42. The van der Waals surface area contributed by atoms with Gasteiger partial charge < -0.3 is 39.9 Å². The van der Waals surface area contributed by atoms with Gasteiger partial charge in [0.25, 0.3) is 0 Å². The molecule has 0 aromatic carbocycles. The summed E-state index contributed by atoms with van der Waals surface area (Å²) in [5, 5.41) is 20.9. The van der Waals surface area contributed by atoms with Crippen molar-refractivity contribution in [1.82, 2.24) is 9.55 Å². The van der Waals surface area contributed by atoms with Gasteiger partial charge in [0.1, 0.15) is 30.7 Å². The molecule has 414 valence electrons. The van der Waals surface area contributed by atoms with Crippen molar-refractivity contribution in [2.75, 3.05) is 25.6 Å². The SMILES string of the molecule is CC(C)CCCCCCCCCCCCCCCCCC(=O)OC[C@H](COP(=O)(O)OP(=O)(O)OC[C@H]1O[C@@H](n2ccc(N)nc2=O)C(O)[C@H]1O)OC(=O)CCCCCCCCCCCCCCC(C)C. The number of aromatic nitrogens is 2. The lowest BCUT2D eigenvalue weighted by atomic mass is 10.0. The number of carbonyl (C=O) groups is 2. The predicted octanol–water partition coefficient (Wildman–Crippen LogP) is 11.6. The van der Waals surface area contributed by atoms with Gasteiger partial charge in [-0.25, -0.2) is 13.9 Å². The smallest absolute Gasteiger partial charge is 0.462 e. The largest absolute Gasteiger partial charge is 0.481 e. The first-order chi connectivity index (χ1) is 33.9. The third-order valence-electron chi connectivity index (χ3n) is 12.8. The standard InChI is InChI=1S/C51H95N3O15P2/c1-41(2)32-28-24-20-16-12-8-6-5-7-9-14-18-22-26-30-34-46(55)64-38-43(67-47(56)35-31-27-23-19-15-11-10-13-17-21-25-29-33-42(3)4)39-65-70(60,61)69-71(62,63)66-40-44-48(57)49(58)50(68-44)54-37-36-45(52)53-51(54)59/h36-37,41-44,48-50,57-58H,5-35,38-40H2,1-4H3,(H,60,61)(H,62,63)(H2,52,53,59)/t43-,44-,48+,49?,50-/m1/s1. The van der Waals surface area contributed by atoms with Crippen molar-refractivity contribution in [2.24, 2.45) is 11.8 Å². The summed E-state index contributed by atoms with van der Waals surface area (Å²) in [6, 6.07) is 1.25. The summed E-state index contributed by atoms with van der Waals surface area (Å²) in [4.78, 5) is 62.0. The number of nitrogens with zero attached hydrogens (tertiary/aromatic N) is 2. The average Bonchev–Trinajstić information content (AvgIpc) is 3.58. The van der Waals surface area contributed by atoms with Crippen molar-refractivity contribution in [1.29, 1.82) is 0 Å². The fourth-order valence-corrected chi connectivity index (χ4v) is 10.7. The molecule has 1 aliphatic heterocycles. The van der Waals surface area contributed by atoms with Gasteiger partial charge in [0, 0.05) is 19.0 Å². The Morgan fingerprint density at radius 3 is 1.48 bits per heavy atom. The van der Waals surface area contributed by atoms with Crippen LogP contribution in [0.5, 0.6) is 0 Å². The normalized spacial score (nSPS) is 19.2. The maximum atomic E-state index is 12.9. The summed E-state index contributed by atoms with van der Waals surface area (Å²) in [7, 11) is -10.8. The summed E-state index contributed by atoms with van der Waals surface area (Å²) < 4.78 is 56.9. The van der Waals surface area contributed by atoms with Crippen LogP contribution < -0.4 is 11.4 Å². The van der Waals surface area contributed by atoms with Crippen molar-refractivity contribution in [3.63, 3.8) is 0 Å². The number of phosphoric ester groups is 2.